The molecule has 0 aromatic heterocycles. The summed E-state index contributed by atoms with van der Waals surface area (Å²) in [5.74, 6) is -0.427. The first kappa shape index (κ1) is 13.0. The Bertz CT molecular complexity index is 387. The molecule has 3 amide bonds. The maximum Gasteiger partial charge on any atom is 0.315 e. The zero-order valence-electron chi connectivity index (χ0n) is 9.82. The van der Waals surface area contributed by atoms with Crippen molar-refractivity contribution in [3.05, 3.63) is 35.4 Å². The summed E-state index contributed by atoms with van der Waals surface area (Å²) in [7, 11) is 0. The van der Waals surface area contributed by atoms with Gasteiger partial charge in [0.1, 0.15) is 0 Å². The van der Waals surface area contributed by atoms with Gasteiger partial charge in [-0.3, -0.25) is 4.79 Å². The van der Waals surface area contributed by atoms with E-state index < -0.39 is 5.91 Å². The second kappa shape index (κ2) is 6.52. The summed E-state index contributed by atoms with van der Waals surface area (Å²) in [5, 5.41) is 5.23. The van der Waals surface area contributed by atoms with Gasteiger partial charge in [0.25, 0.3) is 0 Å². The first-order chi connectivity index (χ1) is 8.08. The summed E-state index contributed by atoms with van der Waals surface area (Å²) in [6.07, 6.45) is 0.151. The molecule has 0 spiro atoms. The number of rotatable bonds is 5. The third kappa shape index (κ3) is 5.55. The molecule has 5 nitrogen and oxygen atoms in total. The van der Waals surface area contributed by atoms with Crippen molar-refractivity contribution in [2.45, 2.75) is 19.9 Å². The van der Waals surface area contributed by atoms with Gasteiger partial charge in [-0.25, -0.2) is 4.79 Å². The molecule has 1 rings (SSSR count). The number of carbonyl (C=O) groups is 2. The second-order valence-corrected chi connectivity index (χ2v) is 3.81. The van der Waals surface area contributed by atoms with E-state index in [1.54, 1.807) is 0 Å². The quantitative estimate of drug-likeness (QED) is 0.700. The van der Waals surface area contributed by atoms with Crippen LogP contribution in [0.3, 0.4) is 0 Å². The number of aryl methyl sites for hydroxylation is 1. The van der Waals surface area contributed by atoms with Gasteiger partial charge < -0.3 is 16.4 Å². The molecule has 0 bridgehead atoms. The first-order valence-corrected chi connectivity index (χ1v) is 5.43. The Morgan fingerprint density at radius 3 is 2.41 bits per heavy atom. The molecule has 5 heteroatoms. The molecule has 92 valence electrons. The lowest BCUT2D eigenvalue weighted by Gasteiger charge is -2.07. The summed E-state index contributed by atoms with van der Waals surface area (Å²) in [4.78, 5) is 21.7. The van der Waals surface area contributed by atoms with Crippen LogP contribution in [-0.4, -0.2) is 18.5 Å². The van der Waals surface area contributed by atoms with Crippen LogP contribution in [0, 0.1) is 6.92 Å². The van der Waals surface area contributed by atoms with Gasteiger partial charge in [0.15, 0.2) is 0 Å². The van der Waals surface area contributed by atoms with Gasteiger partial charge in [0, 0.05) is 19.5 Å². The molecule has 0 unspecified atom stereocenters. The zero-order chi connectivity index (χ0) is 12.7. The van der Waals surface area contributed by atoms with Crippen LogP contribution in [0.2, 0.25) is 0 Å². The normalized spacial score (nSPS) is 9.71. The minimum Gasteiger partial charge on any atom is -0.370 e. The molecule has 0 aliphatic carbocycles. The Balaban J connectivity index is 2.23. The van der Waals surface area contributed by atoms with Gasteiger partial charge in [-0.05, 0) is 12.5 Å². The fourth-order valence-electron chi connectivity index (χ4n) is 1.25. The highest BCUT2D eigenvalue weighted by Crippen LogP contribution is 2.02. The fourth-order valence-corrected chi connectivity index (χ4v) is 1.25. The summed E-state index contributed by atoms with van der Waals surface area (Å²) < 4.78 is 0. The van der Waals surface area contributed by atoms with Crippen LogP contribution in [-0.2, 0) is 11.3 Å². The van der Waals surface area contributed by atoms with Crippen molar-refractivity contribution in [3.63, 3.8) is 0 Å². The van der Waals surface area contributed by atoms with Crippen LogP contribution in [0.5, 0.6) is 0 Å². The Labute approximate surface area is 100 Å². The molecule has 0 heterocycles. The lowest BCUT2D eigenvalue weighted by molar-refractivity contribution is -0.117. The Hall–Kier alpha value is -2.04. The molecule has 0 aliphatic rings. The van der Waals surface area contributed by atoms with Crippen LogP contribution in [0.4, 0.5) is 4.79 Å². The van der Waals surface area contributed by atoms with Crippen molar-refractivity contribution in [3.8, 4) is 0 Å². The third-order valence-electron chi connectivity index (χ3n) is 2.23. The van der Waals surface area contributed by atoms with Crippen molar-refractivity contribution < 1.29 is 9.59 Å². The van der Waals surface area contributed by atoms with E-state index in [4.69, 9.17) is 5.73 Å². The van der Waals surface area contributed by atoms with Gasteiger partial charge in [0.05, 0.1) is 0 Å². The minimum atomic E-state index is -0.427. The van der Waals surface area contributed by atoms with Crippen LogP contribution in [0.25, 0.3) is 0 Å². The van der Waals surface area contributed by atoms with Crippen LogP contribution in [0.15, 0.2) is 24.3 Å². The molecule has 0 saturated carbocycles. The van der Waals surface area contributed by atoms with Crippen LogP contribution >= 0.6 is 0 Å². The number of benzene rings is 1. The standard InChI is InChI=1S/C12H17N3O2/c1-9-2-4-10(5-3-9)8-15-12(17)14-7-6-11(13)16/h2-5H,6-8H2,1H3,(H2,13,16)(H2,14,15,17). The topological polar surface area (TPSA) is 84.2 Å². The van der Waals surface area contributed by atoms with Crippen molar-refractivity contribution in [1.29, 1.82) is 0 Å². The van der Waals surface area contributed by atoms with E-state index in [9.17, 15) is 9.59 Å². The fraction of sp³-hybridized carbons (Fsp3) is 0.333. The average molecular weight is 235 g/mol. The van der Waals surface area contributed by atoms with Gasteiger partial charge in [-0.15, -0.1) is 0 Å². The maximum atomic E-state index is 11.3. The molecule has 0 radical (unpaired) electrons. The van der Waals surface area contributed by atoms with E-state index in [2.05, 4.69) is 10.6 Å². The molecular formula is C12H17N3O2. The summed E-state index contributed by atoms with van der Waals surface area (Å²) in [6.45, 7) is 2.73. The summed E-state index contributed by atoms with van der Waals surface area (Å²) >= 11 is 0. The van der Waals surface area contributed by atoms with E-state index in [1.165, 1.54) is 5.56 Å². The summed E-state index contributed by atoms with van der Waals surface area (Å²) in [5.41, 5.74) is 7.16. The molecule has 1 aromatic rings. The largest absolute Gasteiger partial charge is 0.370 e. The average Bonchev–Trinajstić information content (AvgIpc) is 2.28. The van der Waals surface area contributed by atoms with Gasteiger partial charge >= 0.3 is 6.03 Å². The number of nitrogens with two attached hydrogens (primary N) is 1. The zero-order valence-corrected chi connectivity index (χ0v) is 9.82. The lowest BCUT2D eigenvalue weighted by atomic mass is 10.1. The highest BCUT2D eigenvalue weighted by atomic mass is 16.2. The number of urea groups is 1. The molecular weight excluding hydrogens is 218 g/mol. The van der Waals surface area contributed by atoms with Crippen LogP contribution < -0.4 is 16.4 Å². The highest BCUT2D eigenvalue weighted by Gasteiger charge is 2.00. The molecule has 4 N–H and O–H groups in total. The second-order valence-electron chi connectivity index (χ2n) is 3.81. The Morgan fingerprint density at radius 1 is 1.18 bits per heavy atom. The molecule has 0 saturated heterocycles. The predicted octanol–water partition coefficient (Wildman–Crippen LogP) is 0.670. The van der Waals surface area contributed by atoms with Gasteiger partial charge in [0.2, 0.25) is 5.91 Å². The van der Waals surface area contributed by atoms with E-state index in [0.29, 0.717) is 6.54 Å². The number of hydrogen-bond acceptors (Lipinski definition) is 2. The van der Waals surface area contributed by atoms with E-state index in [1.807, 2.05) is 31.2 Å². The van der Waals surface area contributed by atoms with E-state index in [0.717, 1.165) is 5.56 Å². The number of nitrogens with one attached hydrogen (secondary N) is 2. The summed E-state index contributed by atoms with van der Waals surface area (Å²) in [6, 6.07) is 7.59. The molecule has 0 fully saturated rings. The Morgan fingerprint density at radius 2 is 1.82 bits per heavy atom. The van der Waals surface area contributed by atoms with Crippen molar-refractivity contribution in [1.82, 2.24) is 10.6 Å². The van der Waals surface area contributed by atoms with E-state index in [-0.39, 0.29) is 19.0 Å². The maximum absolute atomic E-state index is 11.3. The van der Waals surface area contributed by atoms with Crippen molar-refractivity contribution in [2.24, 2.45) is 5.73 Å². The number of primary amides is 1. The molecule has 0 aliphatic heterocycles. The van der Waals surface area contributed by atoms with Crippen LogP contribution in [0.1, 0.15) is 17.5 Å². The minimum absolute atomic E-state index is 0.151. The highest BCUT2D eigenvalue weighted by molar-refractivity contribution is 5.76. The smallest absolute Gasteiger partial charge is 0.315 e. The van der Waals surface area contributed by atoms with E-state index >= 15 is 0 Å². The number of hydrogen-bond donors (Lipinski definition) is 3. The predicted molar refractivity (Wildman–Crippen MR) is 65.2 cm³/mol. The molecule has 0 atom stereocenters. The third-order valence-corrected chi connectivity index (χ3v) is 2.23. The first-order valence-electron chi connectivity index (χ1n) is 5.43. The molecule has 17 heavy (non-hydrogen) atoms. The monoisotopic (exact) mass is 235 g/mol. The lowest BCUT2D eigenvalue weighted by Crippen LogP contribution is -2.36. The number of carbonyl (C=O) groups excluding carboxylic acids is 2. The van der Waals surface area contributed by atoms with Crippen molar-refractivity contribution in [2.75, 3.05) is 6.54 Å². The Kier molecular flexibility index (Phi) is 5.00. The van der Waals surface area contributed by atoms with Gasteiger partial charge in [-0.2, -0.15) is 0 Å². The van der Waals surface area contributed by atoms with Crippen molar-refractivity contribution >= 4 is 11.9 Å². The molecule has 1 aromatic carbocycles. The number of amides is 3. The SMILES string of the molecule is Cc1ccc(CNC(=O)NCCC(N)=O)cc1. The van der Waals surface area contributed by atoms with Gasteiger partial charge in [-0.1, -0.05) is 29.8 Å².